The maximum Gasteiger partial charge on any atom is 0.417 e. The van der Waals surface area contributed by atoms with Crippen molar-refractivity contribution in [3.63, 3.8) is 0 Å². The summed E-state index contributed by atoms with van der Waals surface area (Å²) in [6, 6.07) is 13.1. The Morgan fingerprint density at radius 3 is 1.45 bits per heavy atom. The van der Waals surface area contributed by atoms with Crippen LogP contribution in [0.15, 0.2) is 42.5 Å². The first-order valence-electron chi connectivity index (χ1n) is 10.8. The Labute approximate surface area is 194 Å². The summed E-state index contributed by atoms with van der Waals surface area (Å²) in [5, 5.41) is 5.48. The molecular formula is C27H30N2O4. The van der Waals surface area contributed by atoms with Crippen LogP contribution in [0.1, 0.15) is 38.9 Å². The van der Waals surface area contributed by atoms with E-state index in [1.165, 1.54) is 0 Å². The summed E-state index contributed by atoms with van der Waals surface area (Å²) in [6.45, 7) is 13.5. The van der Waals surface area contributed by atoms with Gasteiger partial charge in [0.15, 0.2) is 0 Å². The van der Waals surface area contributed by atoms with Crippen LogP contribution < -0.4 is 20.1 Å². The molecule has 0 spiro atoms. The molecule has 0 aliphatic heterocycles. The summed E-state index contributed by atoms with van der Waals surface area (Å²) in [6.07, 6.45) is -1.20. The molecule has 2 amide bonds. The SMILES string of the molecule is Cc1cc(C)c(OC(=O)Nc2ccc(C)c(NC(=O)Oc3c(C)cc(C)cc3C)c2)c(C)c1. The maximum atomic E-state index is 12.6. The number of carbonyl (C=O) groups excluding carboxylic acids is 2. The van der Waals surface area contributed by atoms with Crippen LogP contribution in [0, 0.1) is 48.5 Å². The lowest BCUT2D eigenvalue weighted by molar-refractivity contribution is 0.213. The molecule has 0 saturated carbocycles. The number of hydrogen-bond acceptors (Lipinski definition) is 4. The molecule has 33 heavy (non-hydrogen) atoms. The van der Waals surface area contributed by atoms with Crippen molar-refractivity contribution >= 4 is 23.6 Å². The highest BCUT2D eigenvalue weighted by Gasteiger charge is 2.14. The Kier molecular flexibility index (Phi) is 7.07. The number of amides is 2. The molecule has 6 heteroatoms. The van der Waals surface area contributed by atoms with Gasteiger partial charge in [0.1, 0.15) is 11.5 Å². The van der Waals surface area contributed by atoms with Crippen molar-refractivity contribution in [3.05, 3.63) is 81.4 Å². The van der Waals surface area contributed by atoms with E-state index < -0.39 is 12.2 Å². The van der Waals surface area contributed by atoms with Gasteiger partial charge in [-0.1, -0.05) is 41.5 Å². The van der Waals surface area contributed by atoms with Crippen LogP contribution >= 0.6 is 0 Å². The van der Waals surface area contributed by atoms with E-state index >= 15 is 0 Å². The third-order valence-electron chi connectivity index (χ3n) is 5.32. The lowest BCUT2D eigenvalue weighted by Gasteiger charge is -2.15. The van der Waals surface area contributed by atoms with Crippen LogP contribution in [-0.4, -0.2) is 12.2 Å². The first kappa shape index (κ1) is 23.9. The second-order valence-corrected chi connectivity index (χ2v) is 8.51. The molecule has 0 radical (unpaired) electrons. The number of aryl methyl sites for hydroxylation is 7. The van der Waals surface area contributed by atoms with Crippen LogP contribution in [0.3, 0.4) is 0 Å². The molecule has 0 heterocycles. The van der Waals surface area contributed by atoms with Gasteiger partial charge in [-0.3, -0.25) is 10.6 Å². The Balaban J connectivity index is 1.71. The normalized spacial score (nSPS) is 10.5. The predicted octanol–water partition coefficient (Wildman–Crippen LogP) is 7.07. The van der Waals surface area contributed by atoms with Crippen LogP contribution in [0.5, 0.6) is 11.5 Å². The molecule has 0 aromatic heterocycles. The Bertz CT molecular complexity index is 1180. The molecule has 2 N–H and O–H groups in total. The second kappa shape index (κ2) is 9.77. The van der Waals surface area contributed by atoms with Gasteiger partial charge >= 0.3 is 12.2 Å². The quantitative estimate of drug-likeness (QED) is 0.449. The van der Waals surface area contributed by atoms with E-state index in [1.807, 2.05) is 72.7 Å². The van der Waals surface area contributed by atoms with Crippen molar-refractivity contribution < 1.29 is 19.1 Å². The van der Waals surface area contributed by atoms with Crippen molar-refractivity contribution in [2.24, 2.45) is 0 Å². The molecule has 3 rings (SSSR count). The van der Waals surface area contributed by atoms with Gasteiger partial charge in [-0.2, -0.15) is 0 Å². The molecule has 172 valence electrons. The van der Waals surface area contributed by atoms with Gasteiger partial charge < -0.3 is 9.47 Å². The van der Waals surface area contributed by atoms with Gasteiger partial charge in [-0.05, 0) is 88.4 Å². The van der Waals surface area contributed by atoms with E-state index in [0.29, 0.717) is 22.9 Å². The number of carbonyl (C=O) groups is 2. The predicted molar refractivity (Wildman–Crippen MR) is 132 cm³/mol. The van der Waals surface area contributed by atoms with Crippen LogP contribution in [0.2, 0.25) is 0 Å². The van der Waals surface area contributed by atoms with Crippen molar-refractivity contribution in [1.29, 1.82) is 0 Å². The summed E-state index contributed by atoms with van der Waals surface area (Å²) in [5.74, 6) is 1.08. The number of ether oxygens (including phenoxy) is 2. The smallest absolute Gasteiger partial charge is 0.410 e. The minimum Gasteiger partial charge on any atom is -0.410 e. The van der Waals surface area contributed by atoms with E-state index in [2.05, 4.69) is 10.6 Å². The molecule has 0 aliphatic rings. The topological polar surface area (TPSA) is 76.7 Å². The minimum atomic E-state index is -0.603. The average Bonchev–Trinajstić information content (AvgIpc) is 2.70. The fraction of sp³-hybridized carbons (Fsp3) is 0.259. The molecule has 0 saturated heterocycles. The van der Waals surface area contributed by atoms with Crippen molar-refractivity contribution in [2.45, 2.75) is 48.5 Å². The number of anilines is 2. The summed E-state index contributed by atoms with van der Waals surface area (Å²) in [7, 11) is 0. The molecule has 0 unspecified atom stereocenters. The average molecular weight is 447 g/mol. The zero-order chi connectivity index (χ0) is 24.3. The molecule has 0 bridgehead atoms. The molecule has 3 aromatic carbocycles. The molecule has 0 fully saturated rings. The van der Waals surface area contributed by atoms with Gasteiger partial charge in [-0.25, -0.2) is 9.59 Å². The highest BCUT2D eigenvalue weighted by molar-refractivity contribution is 5.91. The first-order valence-corrected chi connectivity index (χ1v) is 10.8. The Morgan fingerprint density at radius 2 is 1.00 bits per heavy atom. The molecule has 0 aliphatic carbocycles. The zero-order valence-corrected chi connectivity index (χ0v) is 20.2. The van der Waals surface area contributed by atoms with Crippen molar-refractivity contribution in [3.8, 4) is 11.5 Å². The highest BCUT2D eigenvalue weighted by atomic mass is 16.6. The summed E-state index contributed by atoms with van der Waals surface area (Å²) < 4.78 is 11.1. The van der Waals surface area contributed by atoms with E-state index in [1.54, 1.807) is 18.2 Å². The Morgan fingerprint density at radius 1 is 0.576 bits per heavy atom. The third kappa shape index (κ3) is 5.92. The second-order valence-electron chi connectivity index (χ2n) is 8.51. The number of rotatable bonds is 4. The maximum absolute atomic E-state index is 12.6. The summed E-state index contributed by atoms with van der Waals surface area (Å²) in [5.41, 5.74) is 7.61. The molecule has 3 aromatic rings. The Hall–Kier alpha value is -3.80. The van der Waals surface area contributed by atoms with Gasteiger partial charge in [0, 0.05) is 11.4 Å². The van der Waals surface area contributed by atoms with Crippen molar-refractivity contribution in [1.82, 2.24) is 0 Å². The van der Waals surface area contributed by atoms with Crippen molar-refractivity contribution in [2.75, 3.05) is 10.6 Å². The van der Waals surface area contributed by atoms with Gasteiger partial charge in [0.25, 0.3) is 0 Å². The van der Waals surface area contributed by atoms with E-state index in [-0.39, 0.29) is 0 Å². The highest BCUT2D eigenvalue weighted by Crippen LogP contribution is 2.27. The first-order chi connectivity index (χ1) is 15.5. The van der Waals surface area contributed by atoms with Gasteiger partial charge in [0.2, 0.25) is 0 Å². The van der Waals surface area contributed by atoms with Gasteiger partial charge in [-0.15, -0.1) is 0 Å². The number of benzene rings is 3. The van der Waals surface area contributed by atoms with E-state index in [4.69, 9.17) is 9.47 Å². The zero-order valence-electron chi connectivity index (χ0n) is 20.2. The van der Waals surface area contributed by atoms with Crippen LogP contribution in [0.25, 0.3) is 0 Å². The molecule has 0 atom stereocenters. The number of hydrogen-bond donors (Lipinski definition) is 2. The third-order valence-corrected chi connectivity index (χ3v) is 5.32. The van der Waals surface area contributed by atoms with Crippen LogP contribution in [0.4, 0.5) is 21.0 Å². The number of nitrogens with one attached hydrogen (secondary N) is 2. The minimum absolute atomic E-state index is 0.492. The van der Waals surface area contributed by atoms with E-state index in [0.717, 1.165) is 38.9 Å². The summed E-state index contributed by atoms with van der Waals surface area (Å²) >= 11 is 0. The lowest BCUT2D eigenvalue weighted by atomic mass is 10.1. The van der Waals surface area contributed by atoms with Gasteiger partial charge in [0.05, 0.1) is 0 Å². The monoisotopic (exact) mass is 446 g/mol. The van der Waals surface area contributed by atoms with Crippen LogP contribution in [-0.2, 0) is 0 Å². The fourth-order valence-electron chi connectivity index (χ4n) is 3.95. The largest absolute Gasteiger partial charge is 0.417 e. The lowest BCUT2D eigenvalue weighted by Crippen LogP contribution is -2.20. The standard InChI is InChI=1S/C27H30N2O4/c1-15-10-18(4)24(19(5)11-15)32-26(30)28-22-9-8-17(3)23(14-22)29-27(31)33-25-20(6)12-16(2)13-21(25)7/h8-14H,1-7H3,(H,28,30)(H,29,31). The van der Waals surface area contributed by atoms with E-state index in [9.17, 15) is 9.59 Å². The fourth-order valence-corrected chi connectivity index (χ4v) is 3.95. The molecular weight excluding hydrogens is 416 g/mol. The molecule has 6 nitrogen and oxygen atoms in total. The summed E-state index contributed by atoms with van der Waals surface area (Å²) in [4.78, 5) is 25.0.